The van der Waals surface area contributed by atoms with Gasteiger partial charge >= 0.3 is 0 Å². The Bertz CT molecular complexity index is 472. The number of hydrogen-bond acceptors (Lipinski definition) is 4. The molecule has 0 aromatic carbocycles. The van der Waals surface area contributed by atoms with Crippen LogP contribution in [0.4, 0.5) is 0 Å². The summed E-state index contributed by atoms with van der Waals surface area (Å²) in [5, 5.41) is 5.59. The predicted octanol–water partition coefficient (Wildman–Crippen LogP) is 4.43. The molecular formula is C14H21NOS2. The first-order valence-corrected chi connectivity index (χ1v) is 7.95. The molecule has 0 radical (unpaired) electrons. The first-order valence-electron chi connectivity index (χ1n) is 6.25. The molecule has 0 aliphatic rings. The number of nitrogens with one attached hydrogen (secondary N) is 1. The van der Waals surface area contributed by atoms with Gasteiger partial charge in [-0.1, -0.05) is 0 Å². The minimum absolute atomic E-state index is 0.0380. The van der Waals surface area contributed by atoms with E-state index in [2.05, 4.69) is 36.7 Å². The second-order valence-electron chi connectivity index (χ2n) is 5.14. The molecule has 0 aliphatic heterocycles. The molecule has 4 heteroatoms. The summed E-state index contributed by atoms with van der Waals surface area (Å²) in [7, 11) is 3.83. The molecular weight excluding hydrogens is 262 g/mol. The van der Waals surface area contributed by atoms with Gasteiger partial charge in [-0.3, -0.25) is 0 Å². The third kappa shape index (κ3) is 3.12. The van der Waals surface area contributed by atoms with Crippen molar-refractivity contribution in [1.29, 1.82) is 0 Å². The molecule has 0 fully saturated rings. The third-order valence-corrected chi connectivity index (χ3v) is 5.65. The molecule has 0 spiro atoms. The lowest BCUT2D eigenvalue weighted by molar-refractivity contribution is 0.0119. The summed E-state index contributed by atoms with van der Waals surface area (Å²) >= 11 is 3.72. The number of methoxy groups -OCH3 is 1. The Hall–Kier alpha value is -0.420. The first kappa shape index (κ1) is 14.0. The van der Waals surface area contributed by atoms with Gasteiger partial charge in [-0.15, -0.1) is 22.7 Å². The number of hydrogen-bond donors (Lipinski definition) is 1. The highest BCUT2D eigenvalue weighted by molar-refractivity contribution is 7.26. The zero-order valence-electron chi connectivity index (χ0n) is 11.4. The van der Waals surface area contributed by atoms with Gasteiger partial charge in [0.15, 0.2) is 0 Å². The average Bonchev–Trinajstić information content (AvgIpc) is 2.90. The van der Waals surface area contributed by atoms with Crippen LogP contribution in [0.3, 0.4) is 0 Å². The first-order chi connectivity index (χ1) is 8.55. The summed E-state index contributed by atoms with van der Waals surface area (Å²) in [4.78, 5) is 1.44. The van der Waals surface area contributed by atoms with Crippen LogP contribution in [0.2, 0.25) is 0 Å². The molecule has 2 heterocycles. The maximum Gasteiger partial charge on any atom is 0.0623 e. The summed E-state index contributed by atoms with van der Waals surface area (Å²) in [6.07, 6.45) is 2.16. The van der Waals surface area contributed by atoms with E-state index < -0.39 is 0 Å². The number of ether oxygens (including phenoxy) is 1. The van der Waals surface area contributed by atoms with Gasteiger partial charge in [0, 0.05) is 27.4 Å². The number of fused-ring (bicyclic) bond motifs is 1. The minimum Gasteiger partial charge on any atom is -0.379 e. The van der Waals surface area contributed by atoms with E-state index in [9.17, 15) is 0 Å². The second-order valence-corrected chi connectivity index (χ2v) is 7.20. The zero-order chi connectivity index (χ0) is 13.2. The Labute approximate surface area is 117 Å². The summed E-state index contributed by atoms with van der Waals surface area (Å²) in [6, 6.07) is 4.97. The molecule has 2 rings (SSSR count). The van der Waals surface area contributed by atoms with Gasteiger partial charge in [0.25, 0.3) is 0 Å². The lowest BCUT2D eigenvalue weighted by Gasteiger charge is -2.25. The molecule has 2 aromatic heterocycles. The van der Waals surface area contributed by atoms with Crippen molar-refractivity contribution >= 4 is 32.1 Å². The highest BCUT2D eigenvalue weighted by atomic mass is 32.1. The van der Waals surface area contributed by atoms with Crippen LogP contribution < -0.4 is 5.32 Å². The average molecular weight is 283 g/mol. The van der Waals surface area contributed by atoms with Crippen molar-refractivity contribution in [3.8, 4) is 0 Å². The van der Waals surface area contributed by atoms with Crippen LogP contribution in [0.5, 0.6) is 0 Å². The van der Waals surface area contributed by atoms with E-state index in [-0.39, 0.29) is 5.60 Å². The van der Waals surface area contributed by atoms with E-state index in [0.29, 0.717) is 6.04 Å². The molecule has 0 saturated carbocycles. The van der Waals surface area contributed by atoms with Gasteiger partial charge in [0.1, 0.15) is 0 Å². The standard InChI is InChI=1S/C14H21NOS2/c1-14(2,16-4)7-5-10(15-3)12-9-13-11(18-12)6-8-17-13/h6,8-10,15H,5,7H2,1-4H3. The Kier molecular flexibility index (Phi) is 4.43. The van der Waals surface area contributed by atoms with E-state index in [0.717, 1.165) is 12.8 Å². The van der Waals surface area contributed by atoms with E-state index in [1.807, 2.05) is 29.7 Å². The summed E-state index contributed by atoms with van der Waals surface area (Å²) in [6.45, 7) is 4.29. The molecule has 1 atom stereocenters. The largest absolute Gasteiger partial charge is 0.379 e. The Morgan fingerprint density at radius 1 is 1.39 bits per heavy atom. The molecule has 0 aliphatic carbocycles. The maximum atomic E-state index is 5.49. The normalized spacial score (nSPS) is 14.2. The van der Waals surface area contributed by atoms with Gasteiger partial charge in [0.2, 0.25) is 0 Å². The van der Waals surface area contributed by atoms with Crippen molar-refractivity contribution in [3.63, 3.8) is 0 Å². The quantitative estimate of drug-likeness (QED) is 0.847. The van der Waals surface area contributed by atoms with Gasteiger partial charge in [-0.25, -0.2) is 0 Å². The van der Waals surface area contributed by atoms with Crippen molar-refractivity contribution in [3.05, 3.63) is 22.4 Å². The van der Waals surface area contributed by atoms with Gasteiger partial charge < -0.3 is 10.1 Å². The number of rotatable bonds is 6. The Balaban J connectivity index is 2.07. The van der Waals surface area contributed by atoms with Crippen molar-refractivity contribution < 1.29 is 4.74 Å². The summed E-state index contributed by atoms with van der Waals surface area (Å²) in [5.74, 6) is 0. The molecule has 0 bridgehead atoms. The van der Waals surface area contributed by atoms with E-state index in [1.54, 1.807) is 7.11 Å². The Morgan fingerprint density at radius 2 is 2.17 bits per heavy atom. The topological polar surface area (TPSA) is 21.3 Å². The van der Waals surface area contributed by atoms with Crippen LogP contribution in [0.15, 0.2) is 17.5 Å². The van der Waals surface area contributed by atoms with Gasteiger partial charge in [0.05, 0.1) is 5.60 Å². The molecule has 18 heavy (non-hydrogen) atoms. The molecule has 0 amide bonds. The van der Waals surface area contributed by atoms with Crippen molar-refractivity contribution in [1.82, 2.24) is 5.32 Å². The molecule has 0 saturated heterocycles. The number of thiophene rings is 2. The van der Waals surface area contributed by atoms with Gasteiger partial charge in [-0.2, -0.15) is 0 Å². The van der Waals surface area contributed by atoms with E-state index >= 15 is 0 Å². The predicted molar refractivity (Wildman–Crippen MR) is 81.8 cm³/mol. The monoisotopic (exact) mass is 283 g/mol. The fourth-order valence-electron chi connectivity index (χ4n) is 1.98. The van der Waals surface area contributed by atoms with Crippen LogP contribution in [0.1, 0.15) is 37.6 Å². The van der Waals surface area contributed by atoms with E-state index in [1.165, 1.54) is 14.3 Å². The molecule has 1 unspecified atom stereocenters. The summed E-state index contributed by atoms with van der Waals surface area (Å²) < 4.78 is 8.30. The summed E-state index contributed by atoms with van der Waals surface area (Å²) in [5.41, 5.74) is -0.0380. The van der Waals surface area contributed by atoms with Gasteiger partial charge in [-0.05, 0) is 51.2 Å². The SMILES string of the molecule is CNC(CCC(C)(C)OC)c1cc2sccc2s1. The van der Waals surface area contributed by atoms with Crippen LogP contribution in [-0.2, 0) is 4.74 Å². The lowest BCUT2D eigenvalue weighted by atomic mass is 9.98. The van der Waals surface area contributed by atoms with Crippen LogP contribution in [0, 0.1) is 0 Å². The van der Waals surface area contributed by atoms with Crippen molar-refractivity contribution in [2.45, 2.75) is 38.3 Å². The van der Waals surface area contributed by atoms with Crippen LogP contribution in [0.25, 0.3) is 9.40 Å². The zero-order valence-corrected chi connectivity index (χ0v) is 13.1. The van der Waals surface area contributed by atoms with Crippen LogP contribution in [-0.4, -0.2) is 19.8 Å². The maximum absolute atomic E-state index is 5.49. The lowest BCUT2D eigenvalue weighted by Crippen LogP contribution is -2.25. The van der Waals surface area contributed by atoms with E-state index in [4.69, 9.17) is 4.74 Å². The highest BCUT2D eigenvalue weighted by Crippen LogP contribution is 2.35. The molecule has 100 valence electrons. The highest BCUT2D eigenvalue weighted by Gasteiger charge is 2.20. The Morgan fingerprint density at radius 3 is 2.78 bits per heavy atom. The smallest absolute Gasteiger partial charge is 0.0623 e. The van der Waals surface area contributed by atoms with Crippen molar-refractivity contribution in [2.24, 2.45) is 0 Å². The minimum atomic E-state index is -0.0380. The fraction of sp³-hybridized carbons (Fsp3) is 0.571. The third-order valence-electron chi connectivity index (χ3n) is 3.44. The fourth-order valence-corrected chi connectivity index (χ4v) is 4.24. The molecule has 2 aromatic rings. The molecule has 1 N–H and O–H groups in total. The van der Waals surface area contributed by atoms with Crippen molar-refractivity contribution in [2.75, 3.05) is 14.2 Å². The van der Waals surface area contributed by atoms with Crippen LogP contribution >= 0.6 is 22.7 Å². The second kappa shape index (κ2) is 5.70. The molecule has 2 nitrogen and oxygen atoms in total.